The van der Waals surface area contributed by atoms with Crippen LogP contribution >= 0.6 is 0 Å². The summed E-state index contributed by atoms with van der Waals surface area (Å²) in [6, 6.07) is 12.1. The van der Waals surface area contributed by atoms with E-state index < -0.39 is 11.8 Å². The topological polar surface area (TPSA) is 77.1 Å². The van der Waals surface area contributed by atoms with Crippen LogP contribution in [0.1, 0.15) is 22.7 Å². The highest BCUT2D eigenvalue weighted by molar-refractivity contribution is 6.39. The number of fused-ring (bicyclic) bond motifs is 1. The van der Waals surface area contributed by atoms with E-state index in [-0.39, 0.29) is 6.04 Å². The average Bonchev–Trinajstić information content (AvgIpc) is 3.20. The average molecular weight is 466 g/mol. The zero-order valence-electron chi connectivity index (χ0n) is 20.6. The molecule has 2 N–H and O–H groups in total. The first-order valence-corrected chi connectivity index (χ1v) is 11.9. The number of carbonyl (C=O) groups excluding carboxylic acids is 2. The zero-order valence-corrected chi connectivity index (χ0v) is 20.6. The number of piperazine rings is 1. The van der Waals surface area contributed by atoms with Gasteiger partial charge < -0.3 is 25.2 Å². The smallest absolute Gasteiger partial charge is 0.313 e. The van der Waals surface area contributed by atoms with Gasteiger partial charge in [0.25, 0.3) is 0 Å². The molecule has 0 bridgehead atoms. The van der Waals surface area contributed by atoms with Gasteiger partial charge in [-0.2, -0.15) is 0 Å². The molecule has 8 nitrogen and oxygen atoms in total. The molecule has 2 heterocycles. The maximum Gasteiger partial charge on any atom is 0.313 e. The Morgan fingerprint density at radius 2 is 1.76 bits per heavy atom. The van der Waals surface area contributed by atoms with Crippen LogP contribution in [0, 0.1) is 6.92 Å². The highest BCUT2D eigenvalue weighted by atomic mass is 16.5. The fourth-order valence-corrected chi connectivity index (χ4v) is 4.75. The Kier molecular flexibility index (Phi) is 7.38. The minimum atomic E-state index is -0.698. The SMILES string of the molecule is COc1ccc(C)cc1NC(=O)C(=O)NCC(c1ccc2c(c1)CCN2C)N1CCN(C)CC1. The van der Waals surface area contributed by atoms with Crippen molar-refractivity contribution >= 4 is 23.2 Å². The molecule has 2 aromatic carbocycles. The van der Waals surface area contributed by atoms with Crippen molar-refractivity contribution in [2.45, 2.75) is 19.4 Å². The summed E-state index contributed by atoms with van der Waals surface area (Å²) < 4.78 is 5.31. The third kappa shape index (κ3) is 5.34. The van der Waals surface area contributed by atoms with Crippen LogP contribution in [-0.2, 0) is 16.0 Å². The Bertz CT molecular complexity index is 1050. The van der Waals surface area contributed by atoms with Gasteiger partial charge in [0.15, 0.2) is 0 Å². The van der Waals surface area contributed by atoms with Gasteiger partial charge in [-0.25, -0.2) is 0 Å². The second kappa shape index (κ2) is 10.4. The second-order valence-corrected chi connectivity index (χ2v) is 9.28. The number of nitrogens with zero attached hydrogens (tertiary/aromatic N) is 3. The summed E-state index contributed by atoms with van der Waals surface area (Å²) in [6.07, 6.45) is 1.03. The standard InChI is InChI=1S/C26H35N5O3/c1-18-5-8-24(34-4)21(15-18)28-26(33)25(32)27-17-23(31-13-11-29(2)12-14-31)19-6-7-22-20(16-19)9-10-30(22)3/h5-8,15-16,23H,9-14,17H2,1-4H3,(H,27,32)(H,28,33). The zero-order chi connectivity index (χ0) is 24.2. The molecule has 0 saturated carbocycles. The fraction of sp³-hybridized carbons (Fsp3) is 0.462. The Labute approximate surface area is 201 Å². The van der Waals surface area contributed by atoms with E-state index in [9.17, 15) is 9.59 Å². The molecule has 0 spiro atoms. The van der Waals surface area contributed by atoms with E-state index in [1.54, 1.807) is 12.1 Å². The Balaban J connectivity index is 1.47. The molecule has 2 aliphatic rings. The van der Waals surface area contributed by atoms with E-state index in [1.807, 2.05) is 13.0 Å². The first-order chi connectivity index (χ1) is 16.4. The summed E-state index contributed by atoms with van der Waals surface area (Å²) in [4.78, 5) is 32.4. The number of rotatable bonds is 6. The van der Waals surface area contributed by atoms with Crippen molar-refractivity contribution < 1.29 is 14.3 Å². The maximum absolute atomic E-state index is 12.7. The fourth-order valence-electron chi connectivity index (χ4n) is 4.75. The lowest BCUT2D eigenvalue weighted by atomic mass is 10.00. The van der Waals surface area contributed by atoms with Crippen molar-refractivity contribution in [1.29, 1.82) is 0 Å². The maximum atomic E-state index is 12.7. The lowest BCUT2D eigenvalue weighted by molar-refractivity contribution is -0.136. The predicted octanol–water partition coefficient (Wildman–Crippen LogP) is 2.04. The van der Waals surface area contributed by atoms with Crippen LogP contribution < -0.4 is 20.3 Å². The highest BCUT2D eigenvalue weighted by Gasteiger charge is 2.27. The summed E-state index contributed by atoms with van der Waals surface area (Å²) in [5.74, 6) is -0.828. The number of ether oxygens (including phenoxy) is 1. The number of aryl methyl sites for hydroxylation is 1. The second-order valence-electron chi connectivity index (χ2n) is 9.28. The van der Waals surface area contributed by atoms with Gasteiger partial charge in [-0.1, -0.05) is 18.2 Å². The summed E-state index contributed by atoms with van der Waals surface area (Å²) in [7, 11) is 5.78. The number of anilines is 2. The van der Waals surface area contributed by atoms with Gasteiger partial charge in [-0.05, 0) is 55.3 Å². The Morgan fingerprint density at radius 1 is 1.00 bits per heavy atom. The molecule has 8 heteroatoms. The number of hydrogen-bond donors (Lipinski definition) is 2. The van der Waals surface area contributed by atoms with E-state index in [0.29, 0.717) is 18.0 Å². The molecule has 0 aromatic heterocycles. The van der Waals surface area contributed by atoms with Gasteiger partial charge in [-0.3, -0.25) is 14.5 Å². The highest BCUT2D eigenvalue weighted by Crippen LogP contribution is 2.31. The first-order valence-electron chi connectivity index (χ1n) is 11.9. The molecule has 2 aliphatic heterocycles. The van der Waals surface area contributed by atoms with E-state index in [2.05, 4.69) is 57.6 Å². The molecule has 1 atom stereocenters. The summed E-state index contributed by atoms with van der Waals surface area (Å²) in [5.41, 5.74) is 5.25. The third-order valence-corrected chi connectivity index (χ3v) is 6.86. The van der Waals surface area contributed by atoms with Gasteiger partial charge in [0.1, 0.15) is 5.75 Å². The van der Waals surface area contributed by atoms with Crippen LogP contribution in [0.3, 0.4) is 0 Å². The third-order valence-electron chi connectivity index (χ3n) is 6.86. The summed E-state index contributed by atoms with van der Waals surface area (Å²) in [6.45, 7) is 7.11. The number of amides is 2. The summed E-state index contributed by atoms with van der Waals surface area (Å²) >= 11 is 0. The predicted molar refractivity (Wildman–Crippen MR) is 135 cm³/mol. The van der Waals surface area contributed by atoms with Crippen molar-refractivity contribution in [3.05, 3.63) is 53.1 Å². The Morgan fingerprint density at radius 3 is 2.50 bits per heavy atom. The molecule has 0 radical (unpaired) electrons. The molecule has 182 valence electrons. The number of likely N-dealkylation sites (N-methyl/N-ethyl adjacent to an activating group) is 2. The lowest BCUT2D eigenvalue weighted by Crippen LogP contribution is -2.49. The van der Waals surface area contributed by atoms with E-state index in [1.165, 1.54) is 23.9 Å². The van der Waals surface area contributed by atoms with E-state index in [4.69, 9.17) is 4.74 Å². The van der Waals surface area contributed by atoms with Crippen molar-refractivity contribution in [2.24, 2.45) is 0 Å². The number of benzene rings is 2. The molecule has 34 heavy (non-hydrogen) atoms. The van der Waals surface area contributed by atoms with Gasteiger partial charge >= 0.3 is 11.8 Å². The van der Waals surface area contributed by atoms with Crippen LogP contribution in [0.25, 0.3) is 0 Å². The molecule has 4 rings (SSSR count). The van der Waals surface area contributed by atoms with Crippen molar-refractivity contribution in [2.75, 3.05) is 70.7 Å². The minimum absolute atomic E-state index is 0.00941. The van der Waals surface area contributed by atoms with Crippen molar-refractivity contribution in [3.63, 3.8) is 0 Å². The molecule has 1 saturated heterocycles. The number of nitrogens with one attached hydrogen (secondary N) is 2. The van der Waals surface area contributed by atoms with Crippen LogP contribution in [-0.4, -0.2) is 82.1 Å². The van der Waals surface area contributed by atoms with Gasteiger partial charge in [0, 0.05) is 52.0 Å². The molecule has 2 amide bonds. The number of methoxy groups -OCH3 is 1. The number of hydrogen-bond acceptors (Lipinski definition) is 6. The molecule has 1 unspecified atom stereocenters. The molecule has 2 aromatic rings. The van der Waals surface area contributed by atoms with E-state index >= 15 is 0 Å². The molecular weight excluding hydrogens is 430 g/mol. The largest absolute Gasteiger partial charge is 0.495 e. The summed E-state index contributed by atoms with van der Waals surface area (Å²) in [5, 5.41) is 5.57. The van der Waals surface area contributed by atoms with Crippen LogP contribution in [0.2, 0.25) is 0 Å². The van der Waals surface area contributed by atoms with Gasteiger partial charge in [0.2, 0.25) is 0 Å². The van der Waals surface area contributed by atoms with Crippen molar-refractivity contribution in [1.82, 2.24) is 15.1 Å². The molecule has 1 fully saturated rings. The minimum Gasteiger partial charge on any atom is -0.495 e. The van der Waals surface area contributed by atoms with Crippen LogP contribution in [0.5, 0.6) is 5.75 Å². The normalized spacial score (nSPS) is 17.2. The lowest BCUT2D eigenvalue weighted by Gasteiger charge is -2.38. The van der Waals surface area contributed by atoms with Gasteiger partial charge in [-0.15, -0.1) is 0 Å². The molecular formula is C26H35N5O3. The quantitative estimate of drug-likeness (QED) is 0.636. The van der Waals surface area contributed by atoms with Crippen molar-refractivity contribution in [3.8, 4) is 5.75 Å². The van der Waals surface area contributed by atoms with Gasteiger partial charge in [0.05, 0.1) is 18.8 Å². The monoisotopic (exact) mass is 465 g/mol. The van der Waals surface area contributed by atoms with E-state index in [0.717, 1.165) is 44.7 Å². The Hall–Kier alpha value is -3.10. The van der Waals surface area contributed by atoms with Crippen LogP contribution in [0.4, 0.5) is 11.4 Å². The number of carbonyl (C=O) groups is 2. The van der Waals surface area contributed by atoms with Crippen LogP contribution in [0.15, 0.2) is 36.4 Å². The molecule has 0 aliphatic carbocycles. The first kappa shape index (κ1) is 24.0.